The Hall–Kier alpha value is -0.240. The fourth-order valence-electron chi connectivity index (χ4n) is 0.297. The Morgan fingerprint density at radius 3 is 2.88 bits per heavy atom. The van der Waals surface area contributed by atoms with Gasteiger partial charge < -0.3 is 0 Å². The normalized spacial score (nSPS) is 10.1. The molecule has 0 fully saturated rings. The molecule has 0 aliphatic rings. The fourth-order valence-corrected chi connectivity index (χ4v) is 0.780. The fraction of sp³-hybridized carbons (Fsp3) is 0.500. The molecular formula is C6H10OS. The molecule has 0 radical (unpaired) electrons. The highest BCUT2D eigenvalue weighted by Crippen LogP contribution is 1.96. The third kappa shape index (κ3) is 5.76. The van der Waals surface area contributed by atoms with Crippen molar-refractivity contribution in [2.75, 3.05) is 11.5 Å². The average molecular weight is 130 g/mol. The van der Waals surface area contributed by atoms with Crippen LogP contribution in [0.4, 0.5) is 0 Å². The number of carbonyl (C=O) groups excluding carboxylic acids is 1. The Bertz CT molecular complexity index is 78.6. The van der Waals surface area contributed by atoms with Gasteiger partial charge in [-0.05, 0) is 11.8 Å². The molecule has 0 N–H and O–H groups in total. The molecule has 0 saturated heterocycles. The van der Waals surface area contributed by atoms with Crippen LogP contribution in [-0.4, -0.2) is 17.8 Å². The van der Waals surface area contributed by atoms with Gasteiger partial charge in [0.1, 0.15) is 6.29 Å². The van der Waals surface area contributed by atoms with Crippen molar-refractivity contribution in [3.05, 3.63) is 12.2 Å². The van der Waals surface area contributed by atoms with Gasteiger partial charge >= 0.3 is 0 Å². The molecule has 0 amide bonds. The standard InChI is InChI=1S/C6H10OS/c1-2-8-6-4-3-5-7/h3-5H,2,6H2,1H3. The largest absolute Gasteiger partial charge is 0.299 e. The second-order valence-corrected chi connectivity index (χ2v) is 2.54. The molecule has 0 aromatic rings. The van der Waals surface area contributed by atoms with E-state index in [1.807, 2.05) is 6.08 Å². The molecule has 0 aromatic carbocycles. The Morgan fingerprint density at radius 1 is 1.62 bits per heavy atom. The van der Waals surface area contributed by atoms with E-state index in [9.17, 15) is 4.79 Å². The van der Waals surface area contributed by atoms with Crippen molar-refractivity contribution < 1.29 is 4.79 Å². The summed E-state index contributed by atoms with van der Waals surface area (Å²) in [7, 11) is 0. The number of aldehydes is 1. The van der Waals surface area contributed by atoms with Crippen molar-refractivity contribution in [2.45, 2.75) is 6.92 Å². The summed E-state index contributed by atoms with van der Waals surface area (Å²) in [4.78, 5) is 9.67. The monoisotopic (exact) mass is 130 g/mol. The van der Waals surface area contributed by atoms with Crippen LogP contribution in [0.25, 0.3) is 0 Å². The lowest BCUT2D eigenvalue weighted by atomic mass is 10.6. The van der Waals surface area contributed by atoms with E-state index in [4.69, 9.17) is 0 Å². The van der Waals surface area contributed by atoms with Gasteiger partial charge in [0, 0.05) is 5.75 Å². The molecule has 0 aliphatic heterocycles. The number of carbonyl (C=O) groups is 1. The maximum atomic E-state index is 9.67. The van der Waals surface area contributed by atoms with Gasteiger partial charge in [-0.1, -0.05) is 13.0 Å². The molecule has 0 unspecified atom stereocenters. The molecule has 0 bridgehead atoms. The summed E-state index contributed by atoms with van der Waals surface area (Å²) in [6.45, 7) is 2.10. The van der Waals surface area contributed by atoms with Gasteiger partial charge in [-0.3, -0.25) is 4.79 Å². The molecular weight excluding hydrogens is 120 g/mol. The minimum Gasteiger partial charge on any atom is -0.299 e. The number of hydrogen-bond acceptors (Lipinski definition) is 2. The van der Waals surface area contributed by atoms with Gasteiger partial charge in [0.15, 0.2) is 0 Å². The highest BCUT2D eigenvalue weighted by atomic mass is 32.2. The lowest BCUT2D eigenvalue weighted by Crippen LogP contribution is -1.71. The lowest BCUT2D eigenvalue weighted by molar-refractivity contribution is -0.104. The second-order valence-electron chi connectivity index (χ2n) is 1.22. The van der Waals surface area contributed by atoms with Crippen molar-refractivity contribution in [1.29, 1.82) is 0 Å². The third-order valence-corrected chi connectivity index (χ3v) is 1.47. The van der Waals surface area contributed by atoms with Gasteiger partial charge in [-0.2, -0.15) is 11.8 Å². The summed E-state index contributed by atoms with van der Waals surface area (Å²) in [5, 5.41) is 0. The Labute approximate surface area is 54.2 Å². The average Bonchev–Trinajstić information content (AvgIpc) is 1.81. The van der Waals surface area contributed by atoms with E-state index in [0.29, 0.717) is 0 Å². The van der Waals surface area contributed by atoms with Gasteiger partial charge in [-0.25, -0.2) is 0 Å². The Morgan fingerprint density at radius 2 is 2.38 bits per heavy atom. The van der Waals surface area contributed by atoms with Crippen molar-refractivity contribution in [3.8, 4) is 0 Å². The van der Waals surface area contributed by atoms with E-state index in [0.717, 1.165) is 17.8 Å². The number of rotatable bonds is 4. The van der Waals surface area contributed by atoms with Crippen LogP contribution in [0.5, 0.6) is 0 Å². The molecule has 0 spiro atoms. The summed E-state index contributed by atoms with van der Waals surface area (Å²) in [5.41, 5.74) is 0. The first-order chi connectivity index (χ1) is 3.91. The number of allylic oxidation sites excluding steroid dienone is 1. The zero-order valence-corrected chi connectivity index (χ0v) is 5.78. The summed E-state index contributed by atoms with van der Waals surface area (Å²) in [6, 6.07) is 0. The van der Waals surface area contributed by atoms with Crippen LogP contribution in [0.3, 0.4) is 0 Å². The summed E-state index contributed by atoms with van der Waals surface area (Å²) in [5.74, 6) is 2.07. The highest BCUT2D eigenvalue weighted by molar-refractivity contribution is 7.99. The van der Waals surface area contributed by atoms with Crippen LogP contribution < -0.4 is 0 Å². The SMILES string of the molecule is CCSCC=CC=O. The Balaban J connectivity index is 2.91. The van der Waals surface area contributed by atoms with E-state index < -0.39 is 0 Å². The topological polar surface area (TPSA) is 17.1 Å². The molecule has 1 nitrogen and oxygen atoms in total. The van der Waals surface area contributed by atoms with Crippen molar-refractivity contribution in [2.24, 2.45) is 0 Å². The van der Waals surface area contributed by atoms with Gasteiger partial charge in [0.05, 0.1) is 0 Å². The third-order valence-electron chi connectivity index (χ3n) is 0.633. The van der Waals surface area contributed by atoms with Crippen LogP contribution >= 0.6 is 11.8 Å². The maximum absolute atomic E-state index is 9.67. The molecule has 0 aromatic heterocycles. The van der Waals surface area contributed by atoms with E-state index in [1.165, 1.54) is 6.08 Å². The molecule has 0 saturated carbocycles. The molecule has 2 heteroatoms. The first-order valence-electron chi connectivity index (χ1n) is 2.60. The predicted octanol–water partition coefficient (Wildman–Crippen LogP) is 1.49. The zero-order chi connectivity index (χ0) is 6.24. The smallest absolute Gasteiger partial charge is 0.142 e. The minimum atomic E-state index is 0.802. The number of hydrogen-bond donors (Lipinski definition) is 0. The molecule has 0 heterocycles. The highest BCUT2D eigenvalue weighted by Gasteiger charge is 1.74. The Kier molecular flexibility index (Phi) is 6.56. The van der Waals surface area contributed by atoms with Gasteiger partial charge in [-0.15, -0.1) is 0 Å². The van der Waals surface area contributed by atoms with E-state index in [2.05, 4.69) is 6.92 Å². The van der Waals surface area contributed by atoms with Crippen molar-refractivity contribution in [1.82, 2.24) is 0 Å². The van der Waals surface area contributed by atoms with Crippen LogP contribution in [0.1, 0.15) is 6.92 Å². The first-order valence-corrected chi connectivity index (χ1v) is 3.75. The molecule has 0 atom stereocenters. The van der Waals surface area contributed by atoms with Crippen LogP contribution in [0.2, 0.25) is 0 Å². The molecule has 8 heavy (non-hydrogen) atoms. The minimum absolute atomic E-state index is 0.802. The summed E-state index contributed by atoms with van der Waals surface area (Å²) < 4.78 is 0. The van der Waals surface area contributed by atoms with E-state index in [-0.39, 0.29) is 0 Å². The van der Waals surface area contributed by atoms with Gasteiger partial charge in [0.2, 0.25) is 0 Å². The zero-order valence-electron chi connectivity index (χ0n) is 4.96. The quantitative estimate of drug-likeness (QED) is 0.326. The van der Waals surface area contributed by atoms with Crippen molar-refractivity contribution in [3.63, 3.8) is 0 Å². The molecule has 0 rings (SSSR count). The summed E-state index contributed by atoms with van der Waals surface area (Å²) >= 11 is 1.80. The van der Waals surface area contributed by atoms with E-state index >= 15 is 0 Å². The number of thioether (sulfide) groups is 1. The molecule has 46 valence electrons. The second kappa shape index (κ2) is 6.76. The van der Waals surface area contributed by atoms with E-state index in [1.54, 1.807) is 11.8 Å². The van der Waals surface area contributed by atoms with Crippen LogP contribution in [0, 0.1) is 0 Å². The predicted molar refractivity (Wildman–Crippen MR) is 38.2 cm³/mol. The first kappa shape index (κ1) is 7.76. The maximum Gasteiger partial charge on any atom is 0.142 e. The van der Waals surface area contributed by atoms with Crippen LogP contribution in [0.15, 0.2) is 12.2 Å². The van der Waals surface area contributed by atoms with Gasteiger partial charge in [0.25, 0.3) is 0 Å². The summed E-state index contributed by atoms with van der Waals surface area (Å²) in [6.07, 6.45) is 4.19. The van der Waals surface area contributed by atoms with Crippen molar-refractivity contribution >= 4 is 18.0 Å². The van der Waals surface area contributed by atoms with Crippen LogP contribution in [-0.2, 0) is 4.79 Å². The molecule has 0 aliphatic carbocycles. The lowest BCUT2D eigenvalue weighted by Gasteiger charge is -1.84.